The summed E-state index contributed by atoms with van der Waals surface area (Å²) in [5, 5.41) is 13.9. The molecule has 318 valence electrons. The van der Waals surface area contributed by atoms with Crippen LogP contribution in [0, 0.1) is 17.8 Å². The van der Waals surface area contributed by atoms with Crippen LogP contribution in [0.3, 0.4) is 0 Å². The lowest BCUT2D eigenvalue weighted by molar-refractivity contribution is -0.244. The van der Waals surface area contributed by atoms with Crippen molar-refractivity contribution in [2.24, 2.45) is 17.8 Å². The smallest absolute Gasteiger partial charge is 0.427 e. The molecule has 6 rings (SSSR count). The minimum atomic E-state index is -6.16. The normalized spacial score (nSPS) is 31.4. The second kappa shape index (κ2) is 15.8. The van der Waals surface area contributed by atoms with Crippen LogP contribution in [0.1, 0.15) is 94.1 Å². The number of fused-ring (bicyclic) bond motifs is 3. The minimum Gasteiger partial charge on any atom is -0.479 e. The second-order valence-corrected chi connectivity index (χ2v) is 18.1. The van der Waals surface area contributed by atoms with Gasteiger partial charge in [-0.1, -0.05) is 44.6 Å². The van der Waals surface area contributed by atoms with Gasteiger partial charge in [-0.2, -0.15) is 13.2 Å². The van der Waals surface area contributed by atoms with Crippen molar-refractivity contribution in [1.29, 1.82) is 0 Å². The molecule has 2 saturated carbocycles. The van der Waals surface area contributed by atoms with Crippen LogP contribution in [-0.2, 0) is 29.1 Å². The SMILES string of the molecule is [2H]C([2H])([2H])C(OC(=O)N[C@@H]1C(=O)N2C[C@H](Oc3nnc(OC)c4ccccc34)C[C@H]2C(=O)N[C@]2(C(=O)NS(=O)(=O)C3(C)CC3)CC2/C=C\CC[C@@H](C)C[C@H]1CC)(C([2H])([2H])[2H])C(F)(F)F. The van der Waals surface area contributed by atoms with Gasteiger partial charge < -0.3 is 29.7 Å². The Hall–Kier alpha value is -4.68. The van der Waals surface area contributed by atoms with Crippen LogP contribution in [0.5, 0.6) is 11.8 Å². The minimum absolute atomic E-state index is 0.00124. The fourth-order valence-electron chi connectivity index (χ4n) is 7.62. The molecular formula is C39H51F3N6O9S. The van der Waals surface area contributed by atoms with Crippen LogP contribution in [0.25, 0.3) is 10.8 Å². The Morgan fingerprint density at radius 1 is 1.10 bits per heavy atom. The molecule has 19 heteroatoms. The summed E-state index contributed by atoms with van der Waals surface area (Å²) >= 11 is 0. The zero-order chi connectivity index (χ0) is 47.4. The van der Waals surface area contributed by atoms with E-state index in [1.165, 1.54) is 14.0 Å². The number of aromatic nitrogens is 2. The number of alkyl carbamates (subject to hydrolysis) is 1. The van der Waals surface area contributed by atoms with Gasteiger partial charge in [0.15, 0.2) is 0 Å². The van der Waals surface area contributed by atoms with Gasteiger partial charge in [0.1, 0.15) is 23.7 Å². The van der Waals surface area contributed by atoms with Gasteiger partial charge >= 0.3 is 12.3 Å². The van der Waals surface area contributed by atoms with Crippen molar-refractivity contribution in [1.82, 2.24) is 30.5 Å². The lowest BCUT2D eigenvalue weighted by Gasteiger charge is -2.35. The third kappa shape index (κ3) is 8.54. The van der Waals surface area contributed by atoms with E-state index in [-0.39, 0.29) is 43.4 Å². The van der Waals surface area contributed by atoms with Crippen molar-refractivity contribution >= 4 is 44.6 Å². The molecule has 2 aliphatic heterocycles. The number of methoxy groups -OCH3 is 1. The fourth-order valence-corrected chi connectivity index (χ4v) is 8.93. The van der Waals surface area contributed by atoms with E-state index in [2.05, 4.69) is 30.3 Å². The number of hydrogen-bond acceptors (Lipinski definition) is 11. The number of ether oxygens (including phenoxy) is 3. The Morgan fingerprint density at radius 2 is 1.78 bits per heavy atom. The Morgan fingerprint density at radius 3 is 2.40 bits per heavy atom. The van der Waals surface area contributed by atoms with Gasteiger partial charge in [-0.05, 0) is 83.1 Å². The summed E-state index contributed by atoms with van der Waals surface area (Å²) in [6, 6.07) is 3.37. The highest BCUT2D eigenvalue weighted by atomic mass is 32.2. The maximum Gasteiger partial charge on any atom is 0.427 e. The monoisotopic (exact) mass is 842 g/mol. The number of rotatable bonds is 9. The van der Waals surface area contributed by atoms with E-state index in [0.29, 0.717) is 36.5 Å². The zero-order valence-electron chi connectivity index (χ0n) is 38.4. The summed E-state index contributed by atoms with van der Waals surface area (Å²) < 4.78 is 133. The first-order valence-electron chi connectivity index (χ1n) is 22.0. The number of sulfonamides is 1. The lowest BCUT2D eigenvalue weighted by Crippen LogP contribution is -2.60. The van der Waals surface area contributed by atoms with Crippen molar-refractivity contribution in [2.45, 2.75) is 126 Å². The number of carbonyl (C=O) groups excluding carboxylic acids is 4. The average molecular weight is 843 g/mol. The van der Waals surface area contributed by atoms with Gasteiger partial charge in [0.2, 0.25) is 39.2 Å². The molecule has 1 unspecified atom stereocenters. The van der Waals surface area contributed by atoms with Crippen LogP contribution in [0.15, 0.2) is 36.4 Å². The standard InChI is InChI=1S/C39H51F3N6O9S/c1-7-23-18-22(2)12-8-9-13-24-20-38(24,34(51)47-58(53,54)37(5)16-17-37)44-30(49)28-19-25(56-32-27-15-11-10-14-26(27)31(55-6)45-46-32)21-48(28)33(50)29(23)43-35(52)57-36(3,4)39(40,41)42/h9-11,13-15,22-25,28-29H,7-8,12,16-21H2,1-6H3,(H,43,52)(H,44,49)(H,47,51)/b13-9-/t22-,23-,24?,25-,28+,29+,38-/m1/s1/i3D3,4D3. The zero-order valence-corrected chi connectivity index (χ0v) is 33.2. The third-order valence-corrected chi connectivity index (χ3v) is 13.8. The van der Waals surface area contributed by atoms with Gasteiger partial charge in [0.25, 0.3) is 5.91 Å². The molecule has 3 fully saturated rings. The molecule has 15 nitrogen and oxygen atoms in total. The van der Waals surface area contributed by atoms with Crippen LogP contribution >= 0.6 is 0 Å². The van der Waals surface area contributed by atoms with Crippen LogP contribution < -0.4 is 24.8 Å². The molecule has 7 atom stereocenters. The largest absolute Gasteiger partial charge is 0.479 e. The first-order valence-corrected chi connectivity index (χ1v) is 20.5. The molecule has 3 heterocycles. The molecular weight excluding hydrogens is 786 g/mol. The van der Waals surface area contributed by atoms with Crippen molar-refractivity contribution in [3.05, 3.63) is 36.4 Å². The number of carbonyl (C=O) groups is 4. The number of nitrogens with one attached hydrogen (secondary N) is 3. The Bertz CT molecular complexity index is 2260. The molecule has 1 saturated heterocycles. The number of nitrogens with zero attached hydrogens (tertiary/aromatic N) is 3. The van der Waals surface area contributed by atoms with E-state index in [4.69, 9.17) is 17.7 Å². The van der Waals surface area contributed by atoms with E-state index in [1.54, 1.807) is 43.3 Å². The summed E-state index contributed by atoms with van der Waals surface area (Å²) in [6.45, 7) is -4.44. The summed E-state index contributed by atoms with van der Waals surface area (Å²) in [5.74, 6) is -4.67. The highest BCUT2D eigenvalue weighted by molar-refractivity contribution is 7.91. The van der Waals surface area contributed by atoms with E-state index in [1.807, 2.05) is 6.92 Å². The predicted molar refractivity (Wildman–Crippen MR) is 204 cm³/mol. The van der Waals surface area contributed by atoms with Gasteiger partial charge in [0, 0.05) is 20.6 Å². The molecule has 2 aliphatic carbocycles. The third-order valence-electron chi connectivity index (χ3n) is 11.6. The molecule has 58 heavy (non-hydrogen) atoms. The van der Waals surface area contributed by atoms with Gasteiger partial charge in [-0.3, -0.25) is 19.1 Å². The van der Waals surface area contributed by atoms with Crippen LogP contribution in [-0.4, -0.2) is 101 Å². The summed E-state index contributed by atoms with van der Waals surface area (Å²) in [5.41, 5.74) is -6.79. The maximum atomic E-state index is 15.0. The highest BCUT2D eigenvalue weighted by Crippen LogP contribution is 2.48. The second-order valence-electron chi connectivity index (χ2n) is 15.9. The fraction of sp³-hybridized carbons (Fsp3) is 0.641. The first kappa shape index (κ1) is 35.3. The average Bonchev–Trinajstić information content (AvgIpc) is 4.08. The van der Waals surface area contributed by atoms with Gasteiger partial charge in [-0.15, -0.1) is 10.2 Å². The number of alkyl halides is 3. The van der Waals surface area contributed by atoms with Crippen LogP contribution in [0.2, 0.25) is 0 Å². The predicted octanol–water partition coefficient (Wildman–Crippen LogP) is 4.70. The molecule has 2 aromatic rings. The van der Waals surface area contributed by atoms with E-state index in [0.717, 1.165) is 4.90 Å². The maximum absolute atomic E-state index is 15.0. The molecule has 0 radical (unpaired) electrons. The van der Waals surface area contributed by atoms with E-state index in [9.17, 15) is 36.0 Å². The number of halogens is 3. The van der Waals surface area contributed by atoms with Crippen molar-refractivity contribution in [3.63, 3.8) is 0 Å². The van der Waals surface area contributed by atoms with Gasteiger partial charge in [0.05, 0.1) is 29.2 Å². The van der Waals surface area contributed by atoms with E-state index >= 15 is 4.79 Å². The molecule has 4 amide bonds. The number of allylic oxidation sites excluding steroid dienone is 1. The highest BCUT2D eigenvalue weighted by Gasteiger charge is 2.63. The lowest BCUT2D eigenvalue weighted by atomic mass is 9.85. The quantitative estimate of drug-likeness (QED) is 0.296. The summed E-state index contributed by atoms with van der Waals surface area (Å²) in [6.07, 6.45) is -4.50. The van der Waals surface area contributed by atoms with Gasteiger partial charge in [-0.25, -0.2) is 13.2 Å². The van der Waals surface area contributed by atoms with Crippen molar-refractivity contribution in [2.75, 3.05) is 13.7 Å². The number of benzene rings is 1. The molecule has 1 aromatic heterocycles. The Kier molecular flexibility index (Phi) is 9.62. The number of hydrogen-bond donors (Lipinski definition) is 3. The van der Waals surface area contributed by atoms with Crippen LogP contribution in [0.4, 0.5) is 18.0 Å². The first-order chi connectivity index (χ1) is 29.6. The van der Waals surface area contributed by atoms with E-state index < -0.39 is 106 Å². The molecule has 0 bridgehead atoms. The summed E-state index contributed by atoms with van der Waals surface area (Å²) in [7, 11) is -2.79. The number of amides is 4. The summed E-state index contributed by atoms with van der Waals surface area (Å²) in [4.78, 5) is 58.3. The molecule has 4 aliphatic rings. The molecule has 0 spiro atoms. The van der Waals surface area contributed by atoms with Crippen molar-refractivity contribution in [3.8, 4) is 11.8 Å². The molecule has 1 aromatic carbocycles. The Balaban J connectivity index is 1.41. The topological polar surface area (TPSA) is 195 Å². The molecule has 3 N–H and O–H groups in total. The Labute approximate surface area is 343 Å². The van der Waals surface area contributed by atoms with Crippen molar-refractivity contribution < 1.29 is 63.2 Å².